The molecule has 0 aromatic heterocycles. The number of hydrogen-bond donors (Lipinski definition) is 2. The Labute approximate surface area is 124 Å². The minimum absolute atomic E-state index is 0.00158. The maximum absolute atomic E-state index is 11.6. The Morgan fingerprint density at radius 2 is 1.89 bits per heavy atom. The SMILES string of the molecule is CC(C)(CNC(=O)CCCN)c1c(Cl)cccc1Cl. The van der Waals surface area contributed by atoms with Crippen molar-refractivity contribution < 1.29 is 4.79 Å². The van der Waals surface area contributed by atoms with Crippen molar-refractivity contribution in [1.82, 2.24) is 5.32 Å². The topological polar surface area (TPSA) is 55.1 Å². The summed E-state index contributed by atoms with van der Waals surface area (Å²) in [6.45, 7) is 5.01. The van der Waals surface area contributed by atoms with E-state index in [0.29, 0.717) is 36.0 Å². The number of carbonyl (C=O) groups is 1. The molecule has 5 heteroatoms. The molecule has 1 rings (SSSR count). The Hall–Kier alpha value is -0.770. The lowest BCUT2D eigenvalue weighted by molar-refractivity contribution is -0.121. The van der Waals surface area contributed by atoms with Gasteiger partial charge in [-0.1, -0.05) is 43.1 Å². The molecule has 0 aliphatic heterocycles. The van der Waals surface area contributed by atoms with E-state index in [4.69, 9.17) is 28.9 Å². The van der Waals surface area contributed by atoms with Crippen LogP contribution in [0.2, 0.25) is 10.0 Å². The van der Waals surface area contributed by atoms with Gasteiger partial charge in [-0.05, 0) is 30.7 Å². The lowest BCUT2D eigenvalue weighted by Crippen LogP contribution is -2.37. The quantitative estimate of drug-likeness (QED) is 0.848. The predicted octanol–water partition coefficient (Wildman–Crippen LogP) is 3.13. The van der Waals surface area contributed by atoms with Crippen LogP contribution in [-0.2, 0) is 10.2 Å². The van der Waals surface area contributed by atoms with Crippen LogP contribution in [0, 0.1) is 0 Å². The molecule has 0 spiro atoms. The van der Waals surface area contributed by atoms with Crippen LogP contribution in [0.3, 0.4) is 0 Å². The van der Waals surface area contributed by atoms with Gasteiger partial charge in [-0.3, -0.25) is 4.79 Å². The van der Waals surface area contributed by atoms with Crippen LogP contribution in [0.4, 0.5) is 0 Å². The fourth-order valence-corrected chi connectivity index (χ4v) is 2.81. The molecular formula is C14H20Cl2N2O. The van der Waals surface area contributed by atoms with Gasteiger partial charge in [-0.2, -0.15) is 0 Å². The van der Waals surface area contributed by atoms with Crippen molar-refractivity contribution in [3.63, 3.8) is 0 Å². The predicted molar refractivity (Wildman–Crippen MR) is 80.8 cm³/mol. The zero-order valence-electron chi connectivity index (χ0n) is 11.3. The molecule has 0 saturated carbocycles. The van der Waals surface area contributed by atoms with E-state index in [1.54, 1.807) is 12.1 Å². The highest BCUT2D eigenvalue weighted by atomic mass is 35.5. The summed E-state index contributed by atoms with van der Waals surface area (Å²) in [6, 6.07) is 5.42. The molecule has 0 atom stereocenters. The molecule has 19 heavy (non-hydrogen) atoms. The molecule has 0 aliphatic rings. The molecule has 106 valence electrons. The molecule has 1 aromatic carbocycles. The Kier molecular flexibility index (Phi) is 6.11. The molecule has 3 nitrogen and oxygen atoms in total. The molecule has 0 heterocycles. The highest BCUT2D eigenvalue weighted by Crippen LogP contribution is 2.35. The Morgan fingerprint density at radius 3 is 2.42 bits per heavy atom. The van der Waals surface area contributed by atoms with Crippen molar-refractivity contribution in [3.8, 4) is 0 Å². The summed E-state index contributed by atoms with van der Waals surface area (Å²) in [4.78, 5) is 11.6. The van der Waals surface area contributed by atoms with Gasteiger partial charge < -0.3 is 11.1 Å². The summed E-state index contributed by atoms with van der Waals surface area (Å²) in [5, 5.41) is 4.14. The van der Waals surface area contributed by atoms with Crippen LogP contribution >= 0.6 is 23.2 Å². The average molecular weight is 303 g/mol. The molecule has 0 radical (unpaired) electrons. The highest BCUT2D eigenvalue weighted by Gasteiger charge is 2.26. The number of rotatable bonds is 6. The normalized spacial score (nSPS) is 11.4. The number of nitrogens with two attached hydrogens (primary N) is 1. The molecule has 1 amide bonds. The fraction of sp³-hybridized carbons (Fsp3) is 0.500. The van der Waals surface area contributed by atoms with Crippen molar-refractivity contribution >= 4 is 29.1 Å². The minimum Gasteiger partial charge on any atom is -0.355 e. The summed E-state index contributed by atoms with van der Waals surface area (Å²) in [5.41, 5.74) is 5.91. The van der Waals surface area contributed by atoms with Gasteiger partial charge in [-0.15, -0.1) is 0 Å². The Morgan fingerprint density at radius 1 is 1.32 bits per heavy atom. The van der Waals surface area contributed by atoms with E-state index in [2.05, 4.69) is 5.32 Å². The monoisotopic (exact) mass is 302 g/mol. The maximum atomic E-state index is 11.6. The number of benzene rings is 1. The van der Waals surface area contributed by atoms with Gasteiger partial charge in [0.1, 0.15) is 0 Å². The molecular weight excluding hydrogens is 283 g/mol. The second-order valence-electron chi connectivity index (χ2n) is 5.15. The standard InChI is InChI=1S/C14H20Cl2N2O/c1-14(2,9-18-12(19)7-4-8-17)13-10(15)5-3-6-11(13)16/h3,5-6H,4,7-9,17H2,1-2H3,(H,18,19). The average Bonchev–Trinajstić information content (AvgIpc) is 2.33. The molecule has 3 N–H and O–H groups in total. The molecule has 0 aliphatic carbocycles. The largest absolute Gasteiger partial charge is 0.355 e. The van der Waals surface area contributed by atoms with E-state index in [9.17, 15) is 4.79 Å². The van der Waals surface area contributed by atoms with Gasteiger partial charge in [0.05, 0.1) is 0 Å². The van der Waals surface area contributed by atoms with Gasteiger partial charge in [0.25, 0.3) is 0 Å². The van der Waals surface area contributed by atoms with E-state index in [1.165, 1.54) is 0 Å². The summed E-state index contributed by atoms with van der Waals surface area (Å²) in [7, 11) is 0. The third-order valence-corrected chi connectivity index (χ3v) is 3.60. The summed E-state index contributed by atoms with van der Waals surface area (Å²) < 4.78 is 0. The van der Waals surface area contributed by atoms with Crippen molar-refractivity contribution in [3.05, 3.63) is 33.8 Å². The van der Waals surface area contributed by atoms with Crippen LogP contribution in [0.5, 0.6) is 0 Å². The van der Waals surface area contributed by atoms with Gasteiger partial charge in [0.2, 0.25) is 5.91 Å². The van der Waals surface area contributed by atoms with Crippen molar-refractivity contribution in [2.45, 2.75) is 32.1 Å². The third kappa shape index (κ3) is 4.68. The van der Waals surface area contributed by atoms with Crippen molar-refractivity contribution in [1.29, 1.82) is 0 Å². The van der Waals surface area contributed by atoms with Crippen LogP contribution < -0.4 is 11.1 Å². The smallest absolute Gasteiger partial charge is 0.220 e. The second kappa shape index (κ2) is 7.13. The van der Waals surface area contributed by atoms with Gasteiger partial charge >= 0.3 is 0 Å². The number of carbonyl (C=O) groups excluding carboxylic acids is 1. The van der Waals surface area contributed by atoms with Gasteiger partial charge in [0, 0.05) is 28.4 Å². The van der Waals surface area contributed by atoms with Gasteiger partial charge in [-0.25, -0.2) is 0 Å². The van der Waals surface area contributed by atoms with Crippen molar-refractivity contribution in [2.75, 3.05) is 13.1 Å². The first-order chi connectivity index (χ1) is 8.88. The first-order valence-electron chi connectivity index (χ1n) is 6.30. The lowest BCUT2D eigenvalue weighted by atomic mass is 9.84. The summed E-state index contributed by atoms with van der Waals surface area (Å²) in [6.07, 6.45) is 1.14. The van der Waals surface area contributed by atoms with E-state index < -0.39 is 0 Å². The number of halogens is 2. The maximum Gasteiger partial charge on any atom is 0.220 e. The van der Waals surface area contributed by atoms with E-state index in [1.807, 2.05) is 19.9 Å². The number of nitrogens with one attached hydrogen (secondary N) is 1. The molecule has 0 fully saturated rings. The summed E-state index contributed by atoms with van der Waals surface area (Å²) >= 11 is 12.4. The van der Waals surface area contributed by atoms with Crippen LogP contribution in [0.1, 0.15) is 32.3 Å². The van der Waals surface area contributed by atoms with Crippen molar-refractivity contribution in [2.24, 2.45) is 5.73 Å². The van der Waals surface area contributed by atoms with Crippen LogP contribution in [0.15, 0.2) is 18.2 Å². The first kappa shape index (κ1) is 16.3. The second-order valence-corrected chi connectivity index (χ2v) is 5.96. The van der Waals surface area contributed by atoms with Crippen LogP contribution in [0.25, 0.3) is 0 Å². The molecule has 0 saturated heterocycles. The Balaban J connectivity index is 2.73. The zero-order chi connectivity index (χ0) is 14.5. The summed E-state index contributed by atoms with van der Waals surface area (Å²) in [5.74, 6) is 0.00158. The van der Waals surface area contributed by atoms with E-state index in [0.717, 1.165) is 5.56 Å². The molecule has 1 aromatic rings. The number of hydrogen-bond acceptors (Lipinski definition) is 2. The Bertz CT molecular complexity index is 427. The minimum atomic E-state index is -0.326. The molecule has 0 unspecified atom stereocenters. The molecule has 0 bridgehead atoms. The zero-order valence-corrected chi connectivity index (χ0v) is 12.8. The number of amides is 1. The lowest BCUT2D eigenvalue weighted by Gasteiger charge is -2.27. The third-order valence-electron chi connectivity index (χ3n) is 2.98. The van der Waals surface area contributed by atoms with Gasteiger partial charge in [0.15, 0.2) is 0 Å². The highest BCUT2D eigenvalue weighted by molar-refractivity contribution is 6.36. The first-order valence-corrected chi connectivity index (χ1v) is 7.05. The van der Waals surface area contributed by atoms with E-state index >= 15 is 0 Å². The van der Waals surface area contributed by atoms with Crippen LogP contribution in [-0.4, -0.2) is 19.0 Å². The van der Waals surface area contributed by atoms with E-state index in [-0.39, 0.29) is 11.3 Å². The fourth-order valence-electron chi connectivity index (χ4n) is 1.90.